The van der Waals surface area contributed by atoms with Crippen LogP contribution in [-0.2, 0) is 0 Å². The molecule has 1 aromatic carbocycles. The van der Waals surface area contributed by atoms with E-state index in [4.69, 9.17) is 0 Å². The number of nitrogens with zero attached hydrogens (tertiary/aromatic N) is 1. The number of phenols is 1. The van der Waals surface area contributed by atoms with Gasteiger partial charge < -0.3 is 10.4 Å². The molecule has 4 heteroatoms. The maximum atomic E-state index is 10.3. The SMILES string of the molecule is CCCC[C@H](c1cccc(Br)c1O)N1CCNCC1. The zero-order chi connectivity index (χ0) is 13.7. The first-order valence-corrected chi connectivity index (χ1v) is 7.95. The first-order valence-electron chi connectivity index (χ1n) is 7.16. The Morgan fingerprint density at radius 2 is 2.11 bits per heavy atom. The zero-order valence-electron chi connectivity index (χ0n) is 11.5. The van der Waals surface area contributed by atoms with Crippen molar-refractivity contribution < 1.29 is 5.11 Å². The molecule has 0 amide bonds. The quantitative estimate of drug-likeness (QED) is 0.871. The second-order valence-electron chi connectivity index (χ2n) is 5.12. The molecule has 1 fully saturated rings. The van der Waals surface area contributed by atoms with Crippen molar-refractivity contribution in [1.29, 1.82) is 0 Å². The van der Waals surface area contributed by atoms with Crippen LogP contribution >= 0.6 is 15.9 Å². The van der Waals surface area contributed by atoms with Crippen LogP contribution in [0.3, 0.4) is 0 Å². The predicted molar refractivity (Wildman–Crippen MR) is 82.5 cm³/mol. The predicted octanol–water partition coefficient (Wildman–Crippen LogP) is 3.29. The summed E-state index contributed by atoms with van der Waals surface area (Å²) < 4.78 is 0.793. The molecule has 19 heavy (non-hydrogen) atoms. The highest BCUT2D eigenvalue weighted by atomic mass is 79.9. The third kappa shape index (κ3) is 3.71. The van der Waals surface area contributed by atoms with Gasteiger partial charge in [0.05, 0.1) is 4.47 Å². The number of unbranched alkanes of at least 4 members (excludes halogenated alkanes) is 1. The fourth-order valence-corrected chi connectivity index (χ4v) is 3.11. The molecule has 0 bridgehead atoms. The Morgan fingerprint density at radius 3 is 2.79 bits per heavy atom. The Balaban J connectivity index is 2.22. The zero-order valence-corrected chi connectivity index (χ0v) is 13.1. The number of aromatic hydroxyl groups is 1. The van der Waals surface area contributed by atoms with Crippen molar-refractivity contribution >= 4 is 15.9 Å². The molecule has 0 aromatic heterocycles. The molecular formula is C15H23BrN2O. The topological polar surface area (TPSA) is 35.5 Å². The van der Waals surface area contributed by atoms with Gasteiger partial charge in [0.25, 0.3) is 0 Å². The fraction of sp³-hybridized carbons (Fsp3) is 0.600. The Kier molecular flexibility index (Phi) is 5.67. The Labute approximate surface area is 124 Å². The maximum Gasteiger partial charge on any atom is 0.134 e. The van der Waals surface area contributed by atoms with Crippen molar-refractivity contribution in [1.82, 2.24) is 10.2 Å². The van der Waals surface area contributed by atoms with E-state index < -0.39 is 0 Å². The highest BCUT2D eigenvalue weighted by Crippen LogP contribution is 2.36. The summed E-state index contributed by atoms with van der Waals surface area (Å²) in [5, 5.41) is 13.7. The minimum atomic E-state index is 0.333. The summed E-state index contributed by atoms with van der Waals surface area (Å²) in [6.45, 7) is 6.41. The van der Waals surface area contributed by atoms with Crippen LogP contribution in [0.25, 0.3) is 0 Å². The van der Waals surface area contributed by atoms with Crippen LogP contribution < -0.4 is 5.32 Å². The standard InChI is InChI=1S/C15H23BrN2O/c1-2-3-7-14(18-10-8-17-9-11-18)12-5-4-6-13(16)15(12)19/h4-6,14,17,19H,2-3,7-11H2,1H3/t14-/m1/s1. The van der Waals surface area contributed by atoms with Crippen molar-refractivity contribution in [3.8, 4) is 5.75 Å². The Hall–Kier alpha value is -0.580. The molecular weight excluding hydrogens is 304 g/mol. The lowest BCUT2D eigenvalue weighted by atomic mass is 9.98. The van der Waals surface area contributed by atoms with Gasteiger partial charge in [0.1, 0.15) is 5.75 Å². The van der Waals surface area contributed by atoms with Gasteiger partial charge >= 0.3 is 0 Å². The molecule has 2 rings (SSSR count). The van der Waals surface area contributed by atoms with Crippen molar-refractivity contribution in [3.63, 3.8) is 0 Å². The molecule has 0 aliphatic carbocycles. The molecule has 1 saturated heterocycles. The number of piperazine rings is 1. The van der Waals surface area contributed by atoms with E-state index in [1.807, 2.05) is 12.1 Å². The van der Waals surface area contributed by atoms with E-state index in [0.717, 1.165) is 42.6 Å². The van der Waals surface area contributed by atoms with Gasteiger partial charge in [0, 0.05) is 37.8 Å². The molecule has 1 aromatic rings. The number of phenolic OH excluding ortho intramolecular Hbond substituents is 1. The summed E-state index contributed by atoms with van der Waals surface area (Å²) in [5.41, 5.74) is 1.06. The van der Waals surface area contributed by atoms with Crippen LogP contribution in [0.1, 0.15) is 37.8 Å². The van der Waals surface area contributed by atoms with Crippen LogP contribution in [0.5, 0.6) is 5.75 Å². The van der Waals surface area contributed by atoms with Gasteiger partial charge in [-0.1, -0.05) is 31.9 Å². The van der Waals surface area contributed by atoms with E-state index in [1.165, 1.54) is 12.8 Å². The van der Waals surface area contributed by atoms with E-state index in [2.05, 4.69) is 39.1 Å². The summed E-state index contributed by atoms with van der Waals surface area (Å²) in [7, 11) is 0. The van der Waals surface area contributed by atoms with Crippen molar-refractivity contribution in [2.75, 3.05) is 26.2 Å². The maximum absolute atomic E-state index is 10.3. The number of para-hydroxylation sites is 1. The number of hydrogen-bond acceptors (Lipinski definition) is 3. The van der Waals surface area contributed by atoms with Gasteiger partial charge in [0.15, 0.2) is 0 Å². The summed E-state index contributed by atoms with van der Waals surface area (Å²) >= 11 is 3.43. The number of benzene rings is 1. The Morgan fingerprint density at radius 1 is 1.37 bits per heavy atom. The lowest BCUT2D eigenvalue weighted by Crippen LogP contribution is -2.45. The summed E-state index contributed by atoms with van der Waals surface area (Å²) in [4.78, 5) is 2.49. The van der Waals surface area contributed by atoms with Crippen molar-refractivity contribution in [3.05, 3.63) is 28.2 Å². The molecule has 0 saturated carbocycles. The van der Waals surface area contributed by atoms with Gasteiger partial charge in [-0.3, -0.25) is 4.90 Å². The molecule has 2 N–H and O–H groups in total. The second kappa shape index (κ2) is 7.27. The number of rotatable bonds is 5. The van der Waals surface area contributed by atoms with E-state index in [1.54, 1.807) is 0 Å². The lowest BCUT2D eigenvalue weighted by Gasteiger charge is -2.35. The minimum absolute atomic E-state index is 0.333. The molecule has 3 nitrogen and oxygen atoms in total. The Bertz CT molecular complexity index is 405. The average molecular weight is 327 g/mol. The average Bonchev–Trinajstić information content (AvgIpc) is 2.45. The molecule has 0 radical (unpaired) electrons. The minimum Gasteiger partial charge on any atom is -0.506 e. The number of hydrogen-bond donors (Lipinski definition) is 2. The fourth-order valence-electron chi connectivity index (χ4n) is 2.73. The molecule has 1 heterocycles. The summed E-state index contributed by atoms with van der Waals surface area (Å²) in [6, 6.07) is 6.30. The van der Waals surface area contributed by atoms with Gasteiger partial charge in [-0.15, -0.1) is 0 Å². The first-order chi connectivity index (χ1) is 9.24. The van der Waals surface area contributed by atoms with Crippen molar-refractivity contribution in [2.45, 2.75) is 32.2 Å². The molecule has 106 valence electrons. The van der Waals surface area contributed by atoms with E-state index >= 15 is 0 Å². The molecule has 1 aliphatic heterocycles. The van der Waals surface area contributed by atoms with E-state index in [0.29, 0.717) is 11.8 Å². The molecule has 0 spiro atoms. The lowest BCUT2D eigenvalue weighted by molar-refractivity contribution is 0.160. The second-order valence-corrected chi connectivity index (χ2v) is 5.98. The van der Waals surface area contributed by atoms with E-state index in [-0.39, 0.29) is 0 Å². The van der Waals surface area contributed by atoms with Crippen LogP contribution in [0, 0.1) is 0 Å². The molecule has 1 atom stereocenters. The van der Waals surface area contributed by atoms with Crippen LogP contribution in [-0.4, -0.2) is 36.2 Å². The van der Waals surface area contributed by atoms with Gasteiger partial charge in [-0.25, -0.2) is 0 Å². The number of halogens is 1. The molecule has 0 unspecified atom stereocenters. The van der Waals surface area contributed by atoms with Crippen LogP contribution in [0.15, 0.2) is 22.7 Å². The molecule has 1 aliphatic rings. The van der Waals surface area contributed by atoms with Crippen LogP contribution in [0.4, 0.5) is 0 Å². The van der Waals surface area contributed by atoms with E-state index in [9.17, 15) is 5.11 Å². The summed E-state index contributed by atoms with van der Waals surface area (Å²) in [5.74, 6) is 0.405. The highest BCUT2D eigenvalue weighted by Gasteiger charge is 2.24. The summed E-state index contributed by atoms with van der Waals surface area (Å²) in [6.07, 6.45) is 3.50. The number of nitrogens with one attached hydrogen (secondary N) is 1. The third-order valence-electron chi connectivity index (χ3n) is 3.80. The monoisotopic (exact) mass is 326 g/mol. The van der Waals surface area contributed by atoms with Gasteiger partial charge in [-0.05, 0) is 28.4 Å². The largest absolute Gasteiger partial charge is 0.506 e. The normalized spacial score (nSPS) is 18.4. The van der Waals surface area contributed by atoms with Crippen molar-refractivity contribution in [2.24, 2.45) is 0 Å². The van der Waals surface area contributed by atoms with Gasteiger partial charge in [-0.2, -0.15) is 0 Å². The first kappa shape index (κ1) is 14.8. The smallest absolute Gasteiger partial charge is 0.134 e. The van der Waals surface area contributed by atoms with Gasteiger partial charge in [0.2, 0.25) is 0 Å². The highest BCUT2D eigenvalue weighted by molar-refractivity contribution is 9.10. The van der Waals surface area contributed by atoms with Crippen LogP contribution in [0.2, 0.25) is 0 Å². The third-order valence-corrected chi connectivity index (χ3v) is 4.44.